The SMILES string of the molecule is Cc1cccc(Oc2nccc(CCl)c2F)c1F. The lowest BCUT2D eigenvalue weighted by atomic mass is 10.2. The molecule has 18 heavy (non-hydrogen) atoms. The molecule has 1 aromatic heterocycles. The van der Waals surface area contributed by atoms with Crippen LogP contribution in [0.3, 0.4) is 0 Å². The van der Waals surface area contributed by atoms with Crippen molar-refractivity contribution < 1.29 is 13.5 Å². The molecule has 94 valence electrons. The summed E-state index contributed by atoms with van der Waals surface area (Å²) in [6.07, 6.45) is 1.36. The fourth-order valence-electron chi connectivity index (χ4n) is 1.44. The van der Waals surface area contributed by atoms with Gasteiger partial charge in [-0.1, -0.05) is 12.1 Å². The van der Waals surface area contributed by atoms with Gasteiger partial charge in [0.25, 0.3) is 5.88 Å². The molecule has 0 saturated heterocycles. The molecule has 0 amide bonds. The van der Waals surface area contributed by atoms with E-state index >= 15 is 0 Å². The van der Waals surface area contributed by atoms with Crippen LogP contribution in [0.1, 0.15) is 11.1 Å². The molecule has 0 spiro atoms. The summed E-state index contributed by atoms with van der Waals surface area (Å²) in [6.45, 7) is 1.60. The van der Waals surface area contributed by atoms with Gasteiger partial charge in [-0.25, -0.2) is 13.8 Å². The molecule has 5 heteroatoms. The van der Waals surface area contributed by atoms with E-state index in [1.54, 1.807) is 19.1 Å². The number of nitrogens with zero attached hydrogens (tertiary/aromatic N) is 1. The van der Waals surface area contributed by atoms with E-state index in [4.69, 9.17) is 16.3 Å². The lowest BCUT2D eigenvalue weighted by molar-refractivity contribution is 0.395. The zero-order valence-corrected chi connectivity index (χ0v) is 10.3. The Bertz CT molecular complexity index is 575. The molecule has 0 radical (unpaired) electrons. The largest absolute Gasteiger partial charge is 0.433 e. The Kier molecular flexibility index (Phi) is 3.77. The van der Waals surface area contributed by atoms with Gasteiger partial charge in [0.1, 0.15) is 0 Å². The molecule has 0 saturated carbocycles. The third-order valence-corrected chi connectivity index (χ3v) is 2.73. The van der Waals surface area contributed by atoms with Crippen LogP contribution in [0.5, 0.6) is 11.6 Å². The van der Waals surface area contributed by atoms with Gasteiger partial charge in [0.15, 0.2) is 17.4 Å². The molecular formula is C13H10ClF2NO. The highest BCUT2D eigenvalue weighted by Crippen LogP contribution is 2.27. The van der Waals surface area contributed by atoms with Crippen LogP contribution in [0.4, 0.5) is 8.78 Å². The second-order valence-electron chi connectivity index (χ2n) is 3.71. The highest BCUT2D eigenvalue weighted by atomic mass is 35.5. The van der Waals surface area contributed by atoms with E-state index in [0.29, 0.717) is 5.56 Å². The molecule has 0 N–H and O–H groups in total. The van der Waals surface area contributed by atoms with Gasteiger partial charge in [-0.05, 0) is 24.6 Å². The number of rotatable bonds is 3. The quantitative estimate of drug-likeness (QED) is 0.779. The Labute approximate surface area is 108 Å². The molecule has 0 atom stereocenters. The maximum absolute atomic E-state index is 13.8. The zero-order chi connectivity index (χ0) is 13.1. The molecule has 2 aromatic rings. The van der Waals surface area contributed by atoms with Gasteiger partial charge in [0.05, 0.1) is 5.88 Å². The first-order chi connectivity index (χ1) is 8.63. The van der Waals surface area contributed by atoms with Gasteiger partial charge in [-0.2, -0.15) is 0 Å². The molecular weight excluding hydrogens is 260 g/mol. The van der Waals surface area contributed by atoms with Crippen molar-refractivity contribution in [1.29, 1.82) is 0 Å². The summed E-state index contributed by atoms with van der Waals surface area (Å²) in [5.74, 6) is -1.55. The lowest BCUT2D eigenvalue weighted by Crippen LogP contribution is -1.98. The summed E-state index contributed by atoms with van der Waals surface area (Å²) in [4.78, 5) is 3.73. The Morgan fingerprint density at radius 3 is 2.72 bits per heavy atom. The average Bonchev–Trinajstić information content (AvgIpc) is 2.37. The van der Waals surface area contributed by atoms with Crippen molar-refractivity contribution >= 4 is 11.6 Å². The van der Waals surface area contributed by atoms with Crippen molar-refractivity contribution in [1.82, 2.24) is 4.98 Å². The maximum Gasteiger partial charge on any atom is 0.256 e. The van der Waals surface area contributed by atoms with Crippen molar-refractivity contribution in [3.8, 4) is 11.6 Å². The highest BCUT2D eigenvalue weighted by Gasteiger charge is 2.13. The average molecular weight is 270 g/mol. The van der Waals surface area contributed by atoms with Gasteiger partial charge < -0.3 is 4.74 Å². The predicted octanol–water partition coefficient (Wildman–Crippen LogP) is 4.20. The Balaban J connectivity index is 2.37. The summed E-state index contributed by atoms with van der Waals surface area (Å²) >= 11 is 5.57. The van der Waals surface area contributed by atoms with Gasteiger partial charge in [-0.3, -0.25) is 0 Å². The normalized spacial score (nSPS) is 10.4. The number of aryl methyl sites for hydroxylation is 1. The number of benzene rings is 1. The first kappa shape index (κ1) is 12.8. The third kappa shape index (κ3) is 2.43. The topological polar surface area (TPSA) is 22.1 Å². The molecule has 0 aliphatic carbocycles. The first-order valence-electron chi connectivity index (χ1n) is 5.25. The Morgan fingerprint density at radius 1 is 1.22 bits per heavy atom. The second kappa shape index (κ2) is 5.31. The fraction of sp³-hybridized carbons (Fsp3) is 0.154. The lowest BCUT2D eigenvalue weighted by Gasteiger charge is -2.09. The maximum atomic E-state index is 13.8. The van der Waals surface area contributed by atoms with Gasteiger partial charge in [0, 0.05) is 11.8 Å². The first-order valence-corrected chi connectivity index (χ1v) is 5.79. The summed E-state index contributed by atoms with van der Waals surface area (Å²) < 4.78 is 32.6. The van der Waals surface area contributed by atoms with E-state index < -0.39 is 11.6 Å². The predicted molar refractivity (Wildman–Crippen MR) is 65.0 cm³/mol. The molecule has 0 bridgehead atoms. The van der Waals surface area contributed by atoms with Crippen molar-refractivity contribution in [3.63, 3.8) is 0 Å². The van der Waals surface area contributed by atoms with Crippen LogP contribution in [-0.4, -0.2) is 4.98 Å². The van der Waals surface area contributed by atoms with Crippen molar-refractivity contribution in [2.24, 2.45) is 0 Å². The van der Waals surface area contributed by atoms with E-state index in [0.717, 1.165) is 0 Å². The number of aromatic nitrogens is 1. The van der Waals surface area contributed by atoms with Crippen molar-refractivity contribution in [2.75, 3.05) is 0 Å². The molecule has 1 heterocycles. The van der Waals surface area contributed by atoms with Crippen molar-refractivity contribution in [2.45, 2.75) is 12.8 Å². The number of hydrogen-bond acceptors (Lipinski definition) is 2. The van der Waals surface area contributed by atoms with E-state index in [1.807, 2.05) is 0 Å². The van der Waals surface area contributed by atoms with Gasteiger partial charge in [0.2, 0.25) is 0 Å². The Morgan fingerprint density at radius 2 is 2.00 bits per heavy atom. The van der Waals surface area contributed by atoms with Gasteiger partial charge in [-0.15, -0.1) is 11.6 Å². The van der Waals surface area contributed by atoms with E-state index in [2.05, 4.69) is 4.98 Å². The smallest absolute Gasteiger partial charge is 0.256 e. The minimum atomic E-state index is -0.673. The van der Waals surface area contributed by atoms with Crippen LogP contribution in [0, 0.1) is 18.6 Å². The molecule has 0 fully saturated rings. The number of pyridine rings is 1. The number of halogens is 3. The van der Waals surface area contributed by atoms with E-state index in [1.165, 1.54) is 18.3 Å². The van der Waals surface area contributed by atoms with Crippen LogP contribution in [0.2, 0.25) is 0 Å². The number of ether oxygens (including phenoxy) is 1. The summed E-state index contributed by atoms with van der Waals surface area (Å²) in [7, 11) is 0. The summed E-state index contributed by atoms with van der Waals surface area (Å²) in [6, 6.07) is 6.08. The van der Waals surface area contributed by atoms with Crippen LogP contribution in [0.15, 0.2) is 30.5 Å². The summed E-state index contributed by atoms with van der Waals surface area (Å²) in [5.41, 5.74) is 0.677. The van der Waals surface area contributed by atoms with Crippen LogP contribution >= 0.6 is 11.6 Å². The molecule has 0 unspecified atom stereocenters. The fourth-order valence-corrected chi connectivity index (χ4v) is 1.65. The zero-order valence-electron chi connectivity index (χ0n) is 9.58. The van der Waals surface area contributed by atoms with E-state index in [-0.39, 0.29) is 23.1 Å². The number of hydrogen-bond donors (Lipinski definition) is 0. The minimum absolute atomic E-state index is 0.00100. The standard InChI is InChI=1S/C13H10ClF2NO/c1-8-3-2-4-10(11(8)15)18-13-12(16)9(7-14)5-6-17-13/h2-6H,7H2,1H3. The van der Waals surface area contributed by atoms with Crippen LogP contribution < -0.4 is 4.74 Å². The Hall–Kier alpha value is -1.68. The molecule has 2 nitrogen and oxygen atoms in total. The second-order valence-corrected chi connectivity index (χ2v) is 3.98. The third-order valence-electron chi connectivity index (χ3n) is 2.44. The van der Waals surface area contributed by atoms with Crippen LogP contribution in [-0.2, 0) is 5.88 Å². The molecule has 2 rings (SSSR count). The van der Waals surface area contributed by atoms with Crippen LogP contribution in [0.25, 0.3) is 0 Å². The minimum Gasteiger partial charge on any atom is -0.433 e. The van der Waals surface area contributed by atoms with E-state index in [9.17, 15) is 8.78 Å². The molecule has 0 aliphatic rings. The monoisotopic (exact) mass is 269 g/mol. The number of alkyl halides is 1. The van der Waals surface area contributed by atoms with Gasteiger partial charge >= 0.3 is 0 Å². The molecule has 1 aromatic carbocycles. The summed E-state index contributed by atoms with van der Waals surface area (Å²) in [5, 5.41) is 0. The van der Waals surface area contributed by atoms with Crippen molar-refractivity contribution in [3.05, 3.63) is 53.2 Å². The molecule has 0 aliphatic heterocycles. The highest BCUT2D eigenvalue weighted by molar-refractivity contribution is 6.17.